The van der Waals surface area contributed by atoms with Crippen LogP contribution in [0.4, 0.5) is 5.13 Å². The minimum absolute atomic E-state index is 0.0533. The molecule has 1 aromatic heterocycles. The van der Waals surface area contributed by atoms with Crippen LogP contribution in [0.5, 0.6) is 11.5 Å². The molecule has 3 aromatic rings. The van der Waals surface area contributed by atoms with Gasteiger partial charge in [-0.25, -0.2) is 13.4 Å². The highest BCUT2D eigenvalue weighted by Crippen LogP contribution is 2.36. The molecule has 1 aliphatic rings. The van der Waals surface area contributed by atoms with E-state index in [0.717, 1.165) is 16.4 Å². The molecule has 2 heterocycles. The fraction of sp³-hybridized carbons (Fsp3) is 0.273. The molecule has 10 heteroatoms. The maximum absolute atomic E-state index is 13.0. The van der Waals surface area contributed by atoms with E-state index < -0.39 is 10.0 Å². The third-order valence-corrected chi connectivity index (χ3v) is 8.17. The number of aromatic nitrogens is 1. The Bertz CT molecular complexity index is 1260. The molecule has 0 unspecified atom stereocenters. The summed E-state index contributed by atoms with van der Waals surface area (Å²) in [5.74, 6) is 1.42. The smallest absolute Gasteiger partial charge is 0.244 e. The third-order valence-electron chi connectivity index (χ3n) is 5.31. The van der Waals surface area contributed by atoms with Gasteiger partial charge in [0.25, 0.3) is 0 Å². The first-order valence-corrected chi connectivity index (χ1v) is 12.2. The molecule has 0 aliphatic carbocycles. The zero-order valence-electron chi connectivity index (χ0n) is 17.7. The first-order valence-electron chi connectivity index (χ1n) is 9.90. The number of rotatable bonds is 6. The number of benzene rings is 2. The number of hydrogen-bond acceptors (Lipinski definition) is 8. The summed E-state index contributed by atoms with van der Waals surface area (Å²) in [4.78, 5) is 6.88. The normalized spacial score (nSPS) is 14.7. The van der Waals surface area contributed by atoms with Crippen molar-refractivity contribution < 1.29 is 17.9 Å². The standard InChI is InChI=1S/C22H22N4O4S2/c1-29-17-7-8-20(30-2)18(13-17)19-15-31-22(24-19)25-9-11-26(12-10-25)32(27,28)21-6-4-3-5-16(21)14-23/h3-8,13,15H,9-12H2,1-2H3. The van der Waals surface area contributed by atoms with Crippen molar-refractivity contribution in [2.24, 2.45) is 0 Å². The van der Waals surface area contributed by atoms with Crippen LogP contribution >= 0.6 is 11.3 Å². The second-order valence-electron chi connectivity index (χ2n) is 7.08. The van der Waals surface area contributed by atoms with Crippen molar-refractivity contribution in [2.45, 2.75) is 4.90 Å². The van der Waals surface area contributed by atoms with Crippen molar-refractivity contribution in [1.82, 2.24) is 9.29 Å². The van der Waals surface area contributed by atoms with Crippen LogP contribution in [0.2, 0.25) is 0 Å². The summed E-state index contributed by atoms with van der Waals surface area (Å²) in [6.07, 6.45) is 0. The summed E-state index contributed by atoms with van der Waals surface area (Å²) in [7, 11) is -0.503. The summed E-state index contributed by atoms with van der Waals surface area (Å²) in [5.41, 5.74) is 1.77. The molecule has 2 aromatic carbocycles. The molecular formula is C22H22N4O4S2. The van der Waals surface area contributed by atoms with Crippen LogP contribution in [0, 0.1) is 11.3 Å². The molecule has 0 spiro atoms. The molecule has 0 bridgehead atoms. The van der Waals surface area contributed by atoms with Crippen LogP contribution in [-0.4, -0.2) is 58.1 Å². The molecule has 1 saturated heterocycles. The van der Waals surface area contributed by atoms with E-state index in [1.165, 1.54) is 27.8 Å². The van der Waals surface area contributed by atoms with E-state index in [2.05, 4.69) is 4.90 Å². The lowest BCUT2D eigenvalue weighted by Gasteiger charge is -2.33. The van der Waals surface area contributed by atoms with E-state index >= 15 is 0 Å². The number of anilines is 1. The molecule has 8 nitrogen and oxygen atoms in total. The molecule has 0 saturated carbocycles. The Morgan fingerprint density at radius 3 is 2.50 bits per heavy atom. The predicted octanol–water partition coefficient (Wildman–Crippen LogP) is 3.21. The van der Waals surface area contributed by atoms with Crippen molar-refractivity contribution in [3.05, 3.63) is 53.4 Å². The molecule has 166 valence electrons. The Morgan fingerprint density at radius 1 is 1.06 bits per heavy atom. The number of nitrogens with zero attached hydrogens (tertiary/aromatic N) is 4. The summed E-state index contributed by atoms with van der Waals surface area (Å²) >= 11 is 1.50. The number of sulfonamides is 1. The van der Waals surface area contributed by atoms with Crippen LogP contribution in [0.15, 0.2) is 52.7 Å². The predicted molar refractivity (Wildman–Crippen MR) is 123 cm³/mol. The Hall–Kier alpha value is -3.13. The molecule has 4 rings (SSSR count). The average molecular weight is 471 g/mol. The molecule has 0 atom stereocenters. The molecule has 1 aliphatic heterocycles. The Labute approximate surface area is 191 Å². The van der Waals surface area contributed by atoms with Crippen LogP contribution in [0.25, 0.3) is 11.3 Å². The van der Waals surface area contributed by atoms with Crippen LogP contribution in [0.1, 0.15) is 5.56 Å². The van der Waals surface area contributed by atoms with Gasteiger partial charge >= 0.3 is 0 Å². The maximum atomic E-state index is 13.0. The Kier molecular flexibility index (Phi) is 6.32. The van der Waals surface area contributed by atoms with Gasteiger partial charge in [0.2, 0.25) is 10.0 Å². The number of nitriles is 1. The highest BCUT2D eigenvalue weighted by molar-refractivity contribution is 7.89. The lowest BCUT2D eigenvalue weighted by atomic mass is 10.1. The van der Waals surface area contributed by atoms with Crippen LogP contribution in [-0.2, 0) is 10.0 Å². The number of thiazole rings is 1. The van der Waals surface area contributed by atoms with Crippen LogP contribution < -0.4 is 14.4 Å². The van der Waals surface area contributed by atoms with Crippen LogP contribution in [0.3, 0.4) is 0 Å². The highest BCUT2D eigenvalue weighted by atomic mass is 32.2. The number of hydrogen-bond donors (Lipinski definition) is 0. The second-order valence-corrected chi connectivity index (χ2v) is 9.82. The van der Waals surface area contributed by atoms with Crippen molar-refractivity contribution in [1.29, 1.82) is 5.26 Å². The summed E-state index contributed by atoms with van der Waals surface area (Å²) in [6.45, 7) is 1.66. The van der Waals surface area contributed by atoms with E-state index in [1.54, 1.807) is 26.4 Å². The van der Waals surface area contributed by atoms with Crippen molar-refractivity contribution >= 4 is 26.5 Å². The lowest BCUT2D eigenvalue weighted by Crippen LogP contribution is -2.48. The zero-order valence-corrected chi connectivity index (χ0v) is 19.3. The average Bonchev–Trinajstić information content (AvgIpc) is 3.34. The fourth-order valence-electron chi connectivity index (χ4n) is 3.59. The summed E-state index contributed by atoms with van der Waals surface area (Å²) in [5, 5.41) is 12.0. The quantitative estimate of drug-likeness (QED) is 0.546. The molecule has 1 fully saturated rings. The van der Waals surface area contributed by atoms with Gasteiger partial charge in [0.1, 0.15) is 17.6 Å². The van der Waals surface area contributed by atoms with Gasteiger partial charge in [0.05, 0.1) is 30.4 Å². The number of ether oxygens (including phenoxy) is 2. The van der Waals surface area contributed by atoms with Gasteiger partial charge in [-0.3, -0.25) is 0 Å². The first-order chi connectivity index (χ1) is 15.5. The minimum atomic E-state index is -3.73. The Balaban J connectivity index is 1.51. The van der Waals surface area contributed by atoms with Crippen molar-refractivity contribution in [3.63, 3.8) is 0 Å². The lowest BCUT2D eigenvalue weighted by molar-refractivity contribution is 0.384. The summed E-state index contributed by atoms with van der Waals surface area (Å²) in [6, 6.07) is 13.8. The van der Waals surface area contributed by atoms with E-state index in [4.69, 9.17) is 14.5 Å². The third kappa shape index (κ3) is 4.14. The molecular weight excluding hydrogens is 448 g/mol. The van der Waals surface area contributed by atoms with Gasteiger partial charge in [-0.05, 0) is 30.3 Å². The molecule has 0 amide bonds. The number of piperazine rings is 1. The van der Waals surface area contributed by atoms with Gasteiger partial charge in [-0.15, -0.1) is 11.3 Å². The van der Waals surface area contributed by atoms with Gasteiger partial charge in [0.15, 0.2) is 5.13 Å². The van der Waals surface area contributed by atoms with E-state index in [-0.39, 0.29) is 10.5 Å². The largest absolute Gasteiger partial charge is 0.497 e. The molecule has 0 radical (unpaired) electrons. The molecule has 32 heavy (non-hydrogen) atoms. The second kappa shape index (κ2) is 9.16. The monoisotopic (exact) mass is 470 g/mol. The van der Waals surface area contributed by atoms with Gasteiger partial charge < -0.3 is 14.4 Å². The first kappa shape index (κ1) is 22.1. The van der Waals surface area contributed by atoms with Gasteiger partial charge in [-0.1, -0.05) is 12.1 Å². The fourth-order valence-corrected chi connectivity index (χ4v) is 6.03. The Morgan fingerprint density at radius 2 is 1.81 bits per heavy atom. The topological polar surface area (TPSA) is 95.8 Å². The maximum Gasteiger partial charge on any atom is 0.244 e. The van der Waals surface area contributed by atoms with Gasteiger partial charge in [-0.2, -0.15) is 9.57 Å². The highest BCUT2D eigenvalue weighted by Gasteiger charge is 2.31. The SMILES string of the molecule is COc1ccc(OC)c(-c2csc(N3CCN(S(=O)(=O)c4ccccc4C#N)CC3)n2)c1. The van der Waals surface area contributed by atoms with Crippen molar-refractivity contribution in [3.8, 4) is 28.8 Å². The summed E-state index contributed by atoms with van der Waals surface area (Å²) < 4.78 is 38.3. The van der Waals surface area contributed by atoms with Crippen molar-refractivity contribution in [2.75, 3.05) is 45.3 Å². The van der Waals surface area contributed by atoms with E-state index in [9.17, 15) is 13.7 Å². The zero-order chi connectivity index (χ0) is 22.7. The van der Waals surface area contributed by atoms with Gasteiger partial charge in [0, 0.05) is 37.1 Å². The molecule has 0 N–H and O–H groups in total. The van der Waals surface area contributed by atoms with E-state index in [0.29, 0.717) is 37.7 Å². The number of methoxy groups -OCH3 is 2. The minimum Gasteiger partial charge on any atom is -0.497 e. The van der Waals surface area contributed by atoms with E-state index in [1.807, 2.05) is 29.6 Å².